The van der Waals surface area contributed by atoms with E-state index < -0.39 is 0 Å². The molecule has 0 aliphatic heterocycles. The standard InChI is InChI=1S/C20H32N2/c1-21(17-10-5-3-6-11-17)19-14-9-15-20(16-19)22(2)18-12-7-4-8-13-18/h9,14-18H,3-8,10-13H2,1-2H3. The van der Waals surface area contributed by atoms with E-state index in [0.717, 1.165) is 12.1 Å². The molecule has 0 aromatic heterocycles. The smallest absolute Gasteiger partial charge is 0.0386 e. The fourth-order valence-electron chi connectivity index (χ4n) is 4.29. The van der Waals surface area contributed by atoms with Gasteiger partial charge in [-0.25, -0.2) is 0 Å². The van der Waals surface area contributed by atoms with Crippen molar-refractivity contribution in [3.63, 3.8) is 0 Å². The van der Waals surface area contributed by atoms with E-state index >= 15 is 0 Å². The molecule has 0 spiro atoms. The molecule has 0 N–H and O–H groups in total. The molecule has 22 heavy (non-hydrogen) atoms. The third-order valence-corrected chi connectivity index (χ3v) is 5.89. The molecule has 2 nitrogen and oxygen atoms in total. The number of hydrogen-bond acceptors (Lipinski definition) is 2. The van der Waals surface area contributed by atoms with E-state index in [1.807, 2.05) is 0 Å². The van der Waals surface area contributed by atoms with Crippen LogP contribution in [0.3, 0.4) is 0 Å². The molecule has 2 heteroatoms. The molecule has 2 aliphatic rings. The van der Waals surface area contributed by atoms with Crippen molar-refractivity contribution < 1.29 is 0 Å². The molecule has 122 valence electrons. The predicted octanol–water partition coefficient (Wildman–Crippen LogP) is 5.22. The van der Waals surface area contributed by atoms with E-state index in [2.05, 4.69) is 48.2 Å². The van der Waals surface area contributed by atoms with Crippen LogP contribution >= 0.6 is 0 Å². The van der Waals surface area contributed by atoms with Crippen LogP contribution in [0.25, 0.3) is 0 Å². The first kappa shape index (κ1) is 15.7. The van der Waals surface area contributed by atoms with Crippen molar-refractivity contribution in [1.82, 2.24) is 0 Å². The summed E-state index contributed by atoms with van der Waals surface area (Å²) in [7, 11) is 4.57. The number of anilines is 2. The maximum absolute atomic E-state index is 2.53. The van der Waals surface area contributed by atoms with Gasteiger partial charge in [-0.2, -0.15) is 0 Å². The maximum atomic E-state index is 2.53. The largest absolute Gasteiger partial charge is 0.372 e. The van der Waals surface area contributed by atoms with E-state index in [9.17, 15) is 0 Å². The first-order valence-electron chi connectivity index (χ1n) is 9.31. The molecular weight excluding hydrogens is 268 g/mol. The molecule has 0 amide bonds. The Labute approximate surface area is 136 Å². The summed E-state index contributed by atoms with van der Waals surface area (Å²) in [5.41, 5.74) is 2.79. The number of hydrogen-bond donors (Lipinski definition) is 0. The van der Waals surface area contributed by atoms with Crippen LogP contribution in [-0.4, -0.2) is 26.2 Å². The molecule has 0 heterocycles. The van der Waals surface area contributed by atoms with Gasteiger partial charge in [-0.3, -0.25) is 0 Å². The first-order chi connectivity index (χ1) is 10.8. The normalized spacial score (nSPS) is 20.8. The van der Waals surface area contributed by atoms with Crippen molar-refractivity contribution in [2.75, 3.05) is 23.9 Å². The molecule has 0 radical (unpaired) electrons. The molecule has 0 unspecified atom stereocenters. The Hall–Kier alpha value is -1.18. The summed E-state index contributed by atoms with van der Waals surface area (Å²) in [5, 5.41) is 0. The molecule has 0 atom stereocenters. The number of nitrogens with zero attached hydrogens (tertiary/aromatic N) is 2. The molecule has 0 bridgehead atoms. The Morgan fingerprint density at radius 1 is 0.682 bits per heavy atom. The Kier molecular flexibility index (Phi) is 5.28. The van der Waals surface area contributed by atoms with Crippen molar-refractivity contribution >= 4 is 11.4 Å². The van der Waals surface area contributed by atoms with E-state index in [1.54, 1.807) is 0 Å². The fourth-order valence-corrected chi connectivity index (χ4v) is 4.29. The molecular formula is C20H32N2. The zero-order valence-corrected chi connectivity index (χ0v) is 14.4. The van der Waals surface area contributed by atoms with Crippen LogP contribution in [0.4, 0.5) is 11.4 Å². The summed E-state index contributed by atoms with van der Waals surface area (Å²) in [6.07, 6.45) is 13.9. The molecule has 0 saturated heterocycles. The van der Waals surface area contributed by atoms with Crippen molar-refractivity contribution in [3.8, 4) is 0 Å². The van der Waals surface area contributed by atoms with Crippen LogP contribution in [0.15, 0.2) is 24.3 Å². The van der Waals surface area contributed by atoms with Crippen LogP contribution in [0.5, 0.6) is 0 Å². The summed E-state index contributed by atoms with van der Waals surface area (Å²) in [4.78, 5) is 5.05. The second kappa shape index (κ2) is 7.39. The molecule has 2 saturated carbocycles. The minimum atomic E-state index is 0.740. The van der Waals surface area contributed by atoms with Gasteiger partial charge in [0.2, 0.25) is 0 Å². The van der Waals surface area contributed by atoms with Gasteiger partial charge in [-0.15, -0.1) is 0 Å². The summed E-state index contributed by atoms with van der Waals surface area (Å²) in [5.74, 6) is 0. The first-order valence-corrected chi connectivity index (χ1v) is 9.31. The van der Waals surface area contributed by atoms with E-state index in [-0.39, 0.29) is 0 Å². The zero-order valence-electron chi connectivity index (χ0n) is 14.4. The lowest BCUT2D eigenvalue weighted by atomic mass is 9.93. The van der Waals surface area contributed by atoms with Crippen LogP contribution < -0.4 is 9.80 Å². The Balaban J connectivity index is 1.70. The highest BCUT2D eigenvalue weighted by atomic mass is 15.2. The van der Waals surface area contributed by atoms with E-state index in [0.29, 0.717) is 0 Å². The highest BCUT2D eigenvalue weighted by molar-refractivity contribution is 5.59. The minimum Gasteiger partial charge on any atom is -0.372 e. The van der Waals surface area contributed by atoms with Gasteiger partial charge in [0.25, 0.3) is 0 Å². The minimum absolute atomic E-state index is 0.740. The van der Waals surface area contributed by atoms with Crippen molar-refractivity contribution in [3.05, 3.63) is 24.3 Å². The highest BCUT2D eigenvalue weighted by Crippen LogP contribution is 2.31. The van der Waals surface area contributed by atoms with Crippen LogP contribution in [0, 0.1) is 0 Å². The number of rotatable bonds is 4. The Morgan fingerprint density at radius 3 is 1.50 bits per heavy atom. The van der Waals surface area contributed by atoms with Gasteiger partial charge in [-0.1, -0.05) is 44.6 Å². The average molecular weight is 300 g/mol. The van der Waals surface area contributed by atoms with Crippen molar-refractivity contribution in [2.45, 2.75) is 76.3 Å². The van der Waals surface area contributed by atoms with Gasteiger partial charge in [0.05, 0.1) is 0 Å². The van der Waals surface area contributed by atoms with Gasteiger partial charge >= 0.3 is 0 Å². The van der Waals surface area contributed by atoms with Gasteiger partial charge in [0, 0.05) is 37.6 Å². The lowest BCUT2D eigenvalue weighted by molar-refractivity contribution is 0.425. The average Bonchev–Trinajstić information content (AvgIpc) is 2.62. The van der Waals surface area contributed by atoms with Crippen molar-refractivity contribution in [2.24, 2.45) is 0 Å². The highest BCUT2D eigenvalue weighted by Gasteiger charge is 2.21. The van der Waals surface area contributed by atoms with Crippen LogP contribution in [0.1, 0.15) is 64.2 Å². The summed E-state index contributed by atoms with van der Waals surface area (Å²) < 4.78 is 0. The van der Waals surface area contributed by atoms with Gasteiger partial charge in [0.1, 0.15) is 0 Å². The van der Waals surface area contributed by atoms with E-state index in [1.165, 1.54) is 75.6 Å². The monoisotopic (exact) mass is 300 g/mol. The molecule has 2 fully saturated rings. The predicted molar refractivity (Wildman–Crippen MR) is 97.0 cm³/mol. The third kappa shape index (κ3) is 3.59. The third-order valence-electron chi connectivity index (χ3n) is 5.89. The molecule has 1 aromatic rings. The second-order valence-electron chi connectivity index (χ2n) is 7.33. The SMILES string of the molecule is CN(c1cccc(N(C)C2CCCCC2)c1)C1CCCCC1. The molecule has 3 rings (SSSR count). The van der Waals surface area contributed by atoms with Crippen molar-refractivity contribution in [1.29, 1.82) is 0 Å². The van der Waals surface area contributed by atoms with Crippen LogP contribution in [-0.2, 0) is 0 Å². The Morgan fingerprint density at radius 2 is 1.09 bits per heavy atom. The van der Waals surface area contributed by atoms with Crippen LogP contribution in [0.2, 0.25) is 0 Å². The second-order valence-corrected chi connectivity index (χ2v) is 7.33. The topological polar surface area (TPSA) is 6.48 Å². The summed E-state index contributed by atoms with van der Waals surface area (Å²) >= 11 is 0. The maximum Gasteiger partial charge on any atom is 0.0386 e. The Bertz CT molecular complexity index is 419. The van der Waals surface area contributed by atoms with Gasteiger partial charge in [-0.05, 0) is 43.9 Å². The fraction of sp³-hybridized carbons (Fsp3) is 0.700. The zero-order chi connectivity index (χ0) is 15.4. The molecule has 1 aromatic carbocycles. The molecule has 2 aliphatic carbocycles. The quantitative estimate of drug-likeness (QED) is 0.751. The van der Waals surface area contributed by atoms with E-state index in [4.69, 9.17) is 0 Å². The lowest BCUT2D eigenvalue weighted by Crippen LogP contribution is -2.35. The summed E-state index contributed by atoms with van der Waals surface area (Å²) in [6.45, 7) is 0. The summed E-state index contributed by atoms with van der Waals surface area (Å²) in [6, 6.07) is 10.7. The lowest BCUT2D eigenvalue weighted by Gasteiger charge is -2.35. The van der Waals surface area contributed by atoms with Gasteiger partial charge in [0.15, 0.2) is 0 Å². The number of benzene rings is 1. The van der Waals surface area contributed by atoms with Gasteiger partial charge < -0.3 is 9.80 Å².